The molecule has 0 radical (unpaired) electrons. The van der Waals surface area contributed by atoms with Crippen molar-refractivity contribution in [2.45, 2.75) is 31.6 Å². The molecular weight excluding hydrogens is 302 g/mol. The van der Waals surface area contributed by atoms with Gasteiger partial charge in [-0.2, -0.15) is 11.8 Å². The third-order valence-electron chi connectivity index (χ3n) is 3.80. The first-order valence-corrected chi connectivity index (χ1v) is 9.01. The zero-order valence-electron chi connectivity index (χ0n) is 12.4. The first kappa shape index (κ1) is 15.0. The Balaban J connectivity index is 1.78. The summed E-state index contributed by atoms with van der Waals surface area (Å²) < 4.78 is 0.372. The van der Waals surface area contributed by atoms with E-state index >= 15 is 0 Å². The second kappa shape index (κ2) is 6.08. The number of nitrogens with one attached hydrogen (secondary N) is 1. The van der Waals surface area contributed by atoms with Crippen LogP contribution in [0.4, 0.5) is 5.82 Å². The van der Waals surface area contributed by atoms with Crippen molar-refractivity contribution in [3.63, 3.8) is 0 Å². The van der Waals surface area contributed by atoms with Gasteiger partial charge in [0, 0.05) is 17.0 Å². The molecule has 114 valence electrons. The second-order valence-corrected chi connectivity index (χ2v) is 8.60. The Bertz CT molecular complexity index is 625. The SMILES string of the molecule is CC1(C)CCN(Cc2nc(NN)c3ccsc3n2)CCS1. The summed E-state index contributed by atoms with van der Waals surface area (Å²) in [5, 5.41) is 3.02. The van der Waals surface area contributed by atoms with E-state index in [1.807, 2.05) is 11.4 Å². The molecule has 3 rings (SSSR count). The summed E-state index contributed by atoms with van der Waals surface area (Å²) in [6.07, 6.45) is 1.20. The zero-order chi connectivity index (χ0) is 14.9. The van der Waals surface area contributed by atoms with Crippen LogP contribution in [0.2, 0.25) is 0 Å². The van der Waals surface area contributed by atoms with Crippen molar-refractivity contribution in [3.05, 3.63) is 17.3 Å². The monoisotopic (exact) mass is 323 g/mol. The van der Waals surface area contributed by atoms with Gasteiger partial charge in [-0.3, -0.25) is 4.90 Å². The van der Waals surface area contributed by atoms with Crippen LogP contribution < -0.4 is 11.3 Å². The average Bonchev–Trinajstić information content (AvgIpc) is 2.85. The van der Waals surface area contributed by atoms with Gasteiger partial charge >= 0.3 is 0 Å². The van der Waals surface area contributed by atoms with Gasteiger partial charge < -0.3 is 5.43 Å². The highest BCUT2D eigenvalue weighted by Gasteiger charge is 2.24. The Morgan fingerprint density at radius 3 is 3.05 bits per heavy atom. The number of hydrazine groups is 1. The number of nitrogens with zero attached hydrogens (tertiary/aromatic N) is 3. The number of nitrogens with two attached hydrogens (primary N) is 1. The normalized spacial score (nSPS) is 19.6. The lowest BCUT2D eigenvalue weighted by molar-refractivity contribution is 0.270. The van der Waals surface area contributed by atoms with Crippen LogP contribution >= 0.6 is 23.1 Å². The Morgan fingerprint density at radius 2 is 2.24 bits per heavy atom. The summed E-state index contributed by atoms with van der Waals surface area (Å²) in [6.45, 7) is 7.62. The van der Waals surface area contributed by atoms with Crippen LogP contribution in [0.5, 0.6) is 0 Å². The molecule has 0 saturated carbocycles. The van der Waals surface area contributed by atoms with E-state index in [1.165, 1.54) is 6.42 Å². The summed E-state index contributed by atoms with van der Waals surface area (Å²) in [7, 11) is 0. The fourth-order valence-corrected chi connectivity index (χ4v) is 4.42. The Hall–Kier alpha value is -0.890. The molecule has 1 saturated heterocycles. The van der Waals surface area contributed by atoms with E-state index in [2.05, 4.69) is 45.9 Å². The van der Waals surface area contributed by atoms with Crippen molar-refractivity contribution >= 4 is 39.1 Å². The minimum absolute atomic E-state index is 0.372. The van der Waals surface area contributed by atoms with Gasteiger partial charge in [-0.25, -0.2) is 15.8 Å². The number of hydrogen-bond donors (Lipinski definition) is 2. The summed E-state index contributed by atoms with van der Waals surface area (Å²) in [4.78, 5) is 12.7. The van der Waals surface area contributed by atoms with E-state index in [0.717, 1.165) is 47.2 Å². The summed E-state index contributed by atoms with van der Waals surface area (Å²) in [5.41, 5.74) is 2.69. The number of aromatic nitrogens is 2. The quantitative estimate of drug-likeness (QED) is 0.669. The van der Waals surface area contributed by atoms with Gasteiger partial charge in [-0.15, -0.1) is 11.3 Å². The van der Waals surface area contributed by atoms with E-state index in [0.29, 0.717) is 4.75 Å². The van der Waals surface area contributed by atoms with E-state index in [1.54, 1.807) is 11.3 Å². The van der Waals surface area contributed by atoms with Crippen LogP contribution in [0.15, 0.2) is 11.4 Å². The number of thioether (sulfide) groups is 1. The van der Waals surface area contributed by atoms with Crippen LogP contribution in [0.3, 0.4) is 0 Å². The molecule has 0 amide bonds. The van der Waals surface area contributed by atoms with E-state index in [-0.39, 0.29) is 0 Å². The lowest BCUT2D eigenvalue weighted by Crippen LogP contribution is -2.28. The van der Waals surface area contributed by atoms with Crippen molar-refractivity contribution in [2.24, 2.45) is 5.84 Å². The second-order valence-electron chi connectivity index (χ2n) is 5.91. The van der Waals surface area contributed by atoms with Gasteiger partial charge in [-0.05, 0) is 24.4 Å². The molecule has 2 aromatic heterocycles. The van der Waals surface area contributed by atoms with Crippen molar-refractivity contribution in [2.75, 3.05) is 24.3 Å². The van der Waals surface area contributed by atoms with Crippen molar-refractivity contribution < 1.29 is 0 Å². The number of thiophene rings is 1. The molecule has 0 bridgehead atoms. The summed E-state index contributed by atoms with van der Waals surface area (Å²) >= 11 is 3.68. The molecule has 7 heteroatoms. The molecule has 1 aliphatic heterocycles. The molecule has 0 spiro atoms. The van der Waals surface area contributed by atoms with Crippen molar-refractivity contribution in [1.82, 2.24) is 14.9 Å². The Morgan fingerprint density at radius 1 is 1.38 bits per heavy atom. The summed E-state index contributed by atoms with van der Waals surface area (Å²) in [5.74, 6) is 8.32. The van der Waals surface area contributed by atoms with Gasteiger partial charge in [0.25, 0.3) is 0 Å². The maximum atomic E-state index is 5.59. The van der Waals surface area contributed by atoms with Gasteiger partial charge in [0.2, 0.25) is 0 Å². The van der Waals surface area contributed by atoms with Crippen LogP contribution in [-0.4, -0.2) is 38.5 Å². The Kier molecular flexibility index (Phi) is 4.35. The number of fused-ring (bicyclic) bond motifs is 1. The molecule has 2 aromatic rings. The molecule has 1 aliphatic rings. The minimum atomic E-state index is 0.372. The van der Waals surface area contributed by atoms with E-state index in [9.17, 15) is 0 Å². The van der Waals surface area contributed by atoms with Gasteiger partial charge in [-0.1, -0.05) is 13.8 Å². The van der Waals surface area contributed by atoms with Gasteiger partial charge in [0.05, 0.1) is 11.9 Å². The maximum absolute atomic E-state index is 5.59. The fraction of sp³-hybridized carbons (Fsp3) is 0.571. The standard InChI is InChI=1S/C14H21N5S2/c1-14(2)4-5-19(6-8-21-14)9-11-16-12(18-15)10-3-7-20-13(10)17-11/h3,7H,4-6,8-9,15H2,1-2H3,(H,16,17,18). The molecule has 0 aromatic carbocycles. The molecule has 0 unspecified atom stereocenters. The third kappa shape index (κ3) is 3.48. The number of hydrogen-bond acceptors (Lipinski definition) is 7. The largest absolute Gasteiger partial charge is 0.308 e. The lowest BCUT2D eigenvalue weighted by atomic mass is 10.1. The predicted molar refractivity (Wildman–Crippen MR) is 91.7 cm³/mol. The minimum Gasteiger partial charge on any atom is -0.308 e. The molecule has 1 fully saturated rings. The summed E-state index contributed by atoms with van der Waals surface area (Å²) in [6, 6.07) is 2.00. The Labute approximate surface area is 133 Å². The smallest absolute Gasteiger partial charge is 0.152 e. The van der Waals surface area contributed by atoms with Crippen molar-refractivity contribution in [3.8, 4) is 0 Å². The first-order valence-electron chi connectivity index (χ1n) is 7.14. The van der Waals surface area contributed by atoms with Crippen LogP contribution in [0.25, 0.3) is 10.2 Å². The molecule has 3 N–H and O–H groups in total. The lowest BCUT2D eigenvalue weighted by Gasteiger charge is -2.22. The highest BCUT2D eigenvalue weighted by Crippen LogP contribution is 2.31. The highest BCUT2D eigenvalue weighted by atomic mass is 32.2. The van der Waals surface area contributed by atoms with Crippen LogP contribution in [-0.2, 0) is 6.54 Å². The van der Waals surface area contributed by atoms with Crippen LogP contribution in [0.1, 0.15) is 26.1 Å². The fourth-order valence-electron chi connectivity index (χ4n) is 2.50. The number of rotatable bonds is 3. The topological polar surface area (TPSA) is 67.1 Å². The van der Waals surface area contributed by atoms with Gasteiger partial charge in [0.15, 0.2) is 5.82 Å². The maximum Gasteiger partial charge on any atom is 0.152 e. The molecule has 21 heavy (non-hydrogen) atoms. The number of nitrogen functional groups attached to an aromatic ring is 1. The average molecular weight is 323 g/mol. The zero-order valence-corrected chi connectivity index (χ0v) is 14.1. The molecular formula is C14H21N5S2. The predicted octanol–water partition coefficient (Wildman–Crippen LogP) is 2.69. The molecule has 3 heterocycles. The van der Waals surface area contributed by atoms with E-state index in [4.69, 9.17) is 5.84 Å². The third-order valence-corrected chi connectivity index (χ3v) is 5.98. The number of anilines is 1. The highest BCUT2D eigenvalue weighted by molar-refractivity contribution is 8.00. The molecule has 0 atom stereocenters. The molecule has 5 nitrogen and oxygen atoms in total. The van der Waals surface area contributed by atoms with Crippen LogP contribution in [0, 0.1) is 0 Å². The van der Waals surface area contributed by atoms with Crippen molar-refractivity contribution in [1.29, 1.82) is 0 Å². The van der Waals surface area contributed by atoms with Gasteiger partial charge in [0.1, 0.15) is 10.7 Å². The van der Waals surface area contributed by atoms with E-state index < -0.39 is 0 Å². The molecule has 0 aliphatic carbocycles. The first-order chi connectivity index (χ1) is 10.1.